The predicted octanol–water partition coefficient (Wildman–Crippen LogP) is 9.61. The molecule has 2 atom stereocenters. The molecular formula is C53H60N8O3S. The Labute approximate surface area is 387 Å². The van der Waals surface area contributed by atoms with E-state index in [0.29, 0.717) is 24.1 Å². The average Bonchev–Trinajstić information content (AvgIpc) is 4.17. The molecule has 336 valence electrons. The first-order chi connectivity index (χ1) is 31.9. The number of anilines is 1. The molecule has 0 radical (unpaired) electrons. The Morgan fingerprint density at radius 3 is 2.25 bits per heavy atom. The van der Waals surface area contributed by atoms with Gasteiger partial charge in [-0.25, -0.2) is 4.98 Å². The van der Waals surface area contributed by atoms with Crippen LogP contribution in [-0.2, 0) is 19.3 Å². The fraction of sp³-hybridized carbons (Fsp3) is 0.358. The fourth-order valence-electron chi connectivity index (χ4n) is 9.45. The van der Waals surface area contributed by atoms with Crippen molar-refractivity contribution in [2.24, 2.45) is 4.99 Å². The zero-order chi connectivity index (χ0) is 44.5. The molecule has 1 N–H and O–H groups in total. The summed E-state index contributed by atoms with van der Waals surface area (Å²) < 4.78 is 13.8. The maximum Gasteiger partial charge on any atom is 0.196 e. The van der Waals surface area contributed by atoms with Crippen molar-refractivity contribution in [3.05, 3.63) is 172 Å². The van der Waals surface area contributed by atoms with Crippen LogP contribution in [0.5, 0.6) is 11.5 Å². The molecule has 65 heavy (non-hydrogen) atoms. The number of ether oxygens (including phenoxy) is 1. The quantitative estimate of drug-likeness (QED) is 0.152. The van der Waals surface area contributed by atoms with Crippen molar-refractivity contribution in [1.29, 1.82) is 0 Å². The molecule has 1 aliphatic carbocycles. The predicted molar refractivity (Wildman–Crippen MR) is 260 cm³/mol. The number of aliphatic imine (C=N–C) groups is 1. The number of hydrogen-bond acceptors (Lipinski definition) is 11. The van der Waals surface area contributed by atoms with Gasteiger partial charge in [-0.15, -0.1) is 21.5 Å². The molecule has 0 amide bonds. The highest BCUT2D eigenvalue weighted by Crippen LogP contribution is 2.40. The first kappa shape index (κ1) is 44.1. The normalized spacial score (nSPS) is 18.2. The van der Waals surface area contributed by atoms with E-state index in [2.05, 4.69) is 72.6 Å². The van der Waals surface area contributed by atoms with Gasteiger partial charge >= 0.3 is 0 Å². The summed E-state index contributed by atoms with van der Waals surface area (Å²) >= 11 is 1.78. The number of aromatic nitrogens is 4. The third kappa shape index (κ3) is 10.6. The SMILES string of the molecule is Cc1sc2c(c1C)C(c1ccc(N3CCN(C4CCN(CCOc5ccccc5)C4)CC3)cc1)=NC(Cc1ncco1)c1nnc(C)n1-2.Oc1ccc2c(c1)CCCC2.c1ccccc1. The lowest BCUT2D eigenvalue weighted by Gasteiger charge is -2.39. The van der Waals surface area contributed by atoms with Crippen molar-refractivity contribution in [2.45, 2.75) is 71.4 Å². The van der Waals surface area contributed by atoms with Gasteiger partial charge in [0.15, 0.2) is 11.7 Å². The van der Waals surface area contributed by atoms with Crippen molar-refractivity contribution in [3.8, 4) is 16.5 Å². The van der Waals surface area contributed by atoms with Gasteiger partial charge in [0.25, 0.3) is 0 Å². The number of nitrogens with zero attached hydrogens (tertiary/aromatic N) is 8. The lowest BCUT2D eigenvalue weighted by Crippen LogP contribution is -2.51. The third-order valence-corrected chi connectivity index (χ3v) is 14.3. The molecule has 2 saturated heterocycles. The molecule has 0 bridgehead atoms. The van der Waals surface area contributed by atoms with Crippen molar-refractivity contribution >= 4 is 22.7 Å². The molecule has 4 aliphatic rings. The fourth-order valence-corrected chi connectivity index (χ4v) is 10.7. The number of fused-ring (bicyclic) bond motifs is 4. The minimum Gasteiger partial charge on any atom is -0.508 e. The van der Waals surface area contributed by atoms with Crippen molar-refractivity contribution in [1.82, 2.24) is 29.5 Å². The lowest BCUT2D eigenvalue weighted by atomic mass is 9.92. The maximum atomic E-state index is 9.19. The molecule has 4 aromatic carbocycles. The van der Waals surface area contributed by atoms with Gasteiger partial charge in [0.05, 0.1) is 18.3 Å². The van der Waals surface area contributed by atoms with E-state index < -0.39 is 0 Å². The standard InChI is InChI=1S/C37H42N8O2S.C10H12O.C6H6/c1-25-26(2)48-37-34(25)35(39-32(23-33-38-14-21-47-33)36-41-40-27(3)45(36)37)28-9-11-29(12-10-28)43-16-18-44(19-17-43)30-13-15-42(24-30)20-22-46-31-7-5-4-6-8-31;11-10-6-5-8-3-1-2-4-9(8)7-10;1-2-4-6-5-3-1/h4-12,14,21,30,32H,13,15-20,22-24H2,1-3H3;5-7,11H,1-4H2;1-6H. The van der Waals surface area contributed by atoms with Gasteiger partial charge in [0.2, 0.25) is 0 Å². The van der Waals surface area contributed by atoms with Crippen LogP contribution >= 0.6 is 11.3 Å². The van der Waals surface area contributed by atoms with Gasteiger partial charge in [-0.1, -0.05) is 72.8 Å². The Hall–Kier alpha value is -6.08. The second kappa shape index (κ2) is 20.8. The topological polar surface area (TPSA) is 108 Å². The second-order valence-corrected chi connectivity index (χ2v) is 18.5. The van der Waals surface area contributed by atoms with Crippen molar-refractivity contribution in [3.63, 3.8) is 0 Å². The van der Waals surface area contributed by atoms with Crippen molar-refractivity contribution < 1.29 is 14.3 Å². The van der Waals surface area contributed by atoms with Gasteiger partial charge in [0, 0.05) is 67.0 Å². The molecule has 11 rings (SSSR count). The minimum absolute atomic E-state index is 0.269. The molecule has 6 heterocycles. The first-order valence-corrected chi connectivity index (χ1v) is 24.0. The van der Waals surface area contributed by atoms with E-state index >= 15 is 0 Å². The third-order valence-electron chi connectivity index (χ3n) is 13.1. The van der Waals surface area contributed by atoms with Crippen LogP contribution in [0, 0.1) is 20.8 Å². The van der Waals surface area contributed by atoms with E-state index in [9.17, 15) is 5.11 Å². The molecule has 12 heteroatoms. The van der Waals surface area contributed by atoms with Crippen LogP contribution < -0.4 is 9.64 Å². The van der Waals surface area contributed by atoms with E-state index in [1.165, 1.54) is 52.9 Å². The molecule has 11 nitrogen and oxygen atoms in total. The highest BCUT2D eigenvalue weighted by molar-refractivity contribution is 7.15. The largest absolute Gasteiger partial charge is 0.508 e. The van der Waals surface area contributed by atoms with Gasteiger partial charge in [-0.05, 0) is 113 Å². The molecule has 7 aromatic rings. The highest BCUT2D eigenvalue weighted by Gasteiger charge is 2.33. The van der Waals surface area contributed by atoms with Gasteiger partial charge in [-0.2, -0.15) is 0 Å². The Balaban J connectivity index is 0.000000260. The maximum absolute atomic E-state index is 9.19. The number of likely N-dealkylation sites (tertiary alicyclic amines) is 1. The minimum atomic E-state index is -0.269. The highest BCUT2D eigenvalue weighted by atomic mass is 32.1. The summed E-state index contributed by atoms with van der Waals surface area (Å²) in [6.45, 7) is 14.6. The van der Waals surface area contributed by atoms with Crippen LogP contribution in [0.2, 0.25) is 0 Å². The van der Waals surface area contributed by atoms with Gasteiger partial charge < -0.3 is 19.2 Å². The van der Waals surface area contributed by atoms with Crippen LogP contribution in [0.1, 0.15) is 75.5 Å². The van der Waals surface area contributed by atoms with E-state index in [1.54, 1.807) is 29.9 Å². The first-order valence-electron chi connectivity index (χ1n) is 23.2. The van der Waals surface area contributed by atoms with E-state index in [0.717, 1.165) is 98.1 Å². The number of benzene rings is 4. The number of phenols is 1. The molecule has 0 spiro atoms. The molecular weight excluding hydrogens is 829 g/mol. The summed E-state index contributed by atoms with van der Waals surface area (Å²) in [4.78, 5) is 18.8. The summed E-state index contributed by atoms with van der Waals surface area (Å²) in [7, 11) is 0. The molecule has 3 aliphatic heterocycles. The number of piperazine rings is 1. The molecule has 0 saturated carbocycles. The Morgan fingerprint density at radius 1 is 0.800 bits per heavy atom. The van der Waals surface area contributed by atoms with Gasteiger partial charge in [0.1, 0.15) is 41.2 Å². The van der Waals surface area contributed by atoms with Crippen LogP contribution in [0.3, 0.4) is 0 Å². The van der Waals surface area contributed by atoms with Gasteiger partial charge in [-0.3, -0.25) is 19.4 Å². The number of aromatic hydroxyl groups is 1. The van der Waals surface area contributed by atoms with Crippen LogP contribution in [0.4, 0.5) is 5.69 Å². The smallest absolute Gasteiger partial charge is 0.196 e. The number of hydrogen-bond donors (Lipinski definition) is 1. The van der Waals surface area contributed by atoms with Crippen LogP contribution in [-0.4, -0.2) is 98.8 Å². The van der Waals surface area contributed by atoms with E-state index in [-0.39, 0.29) is 6.04 Å². The number of thiophene rings is 1. The number of oxazole rings is 1. The molecule has 3 aromatic heterocycles. The number of phenolic OH excluding ortho intramolecular Hbond substituents is 1. The summed E-state index contributed by atoms with van der Waals surface area (Å²) in [6, 6.07) is 37.2. The number of para-hydroxylation sites is 1. The Kier molecular flexibility index (Phi) is 14.1. The van der Waals surface area contributed by atoms with E-state index in [1.807, 2.05) is 85.8 Å². The summed E-state index contributed by atoms with van der Waals surface area (Å²) in [5.74, 6) is 3.69. The second-order valence-electron chi connectivity index (χ2n) is 17.3. The summed E-state index contributed by atoms with van der Waals surface area (Å²) in [5, 5.41) is 19.4. The molecule has 2 unspecified atom stereocenters. The summed E-state index contributed by atoms with van der Waals surface area (Å²) in [6.07, 6.45) is 9.96. The Morgan fingerprint density at radius 2 is 1.52 bits per heavy atom. The summed E-state index contributed by atoms with van der Waals surface area (Å²) in [5.41, 5.74) is 8.54. The number of rotatable bonds is 9. The Bertz CT molecular complexity index is 2590. The van der Waals surface area contributed by atoms with E-state index in [4.69, 9.17) is 14.1 Å². The van der Waals surface area contributed by atoms with Crippen LogP contribution in [0.25, 0.3) is 5.00 Å². The zero-order valence-corrected chi connectivity index (χ0v) is 38.7. The average molecular weight is 889 g/mol. The number of aryl methyl sites for hydroxylation is 4. The zero-order valence-electron chi connectivity index (χ0n) is 37.9. The lowest BCUT2D eigenvalue weighted by molar-refractivity contribution is 0.174. The van der Waals surface area contributed by atoms with Crippen LogP contribution in [0.15, 0.2) is 131 Å². The van der Waals surface area contributed by atoms with Crippen molar-refractivity contribution in [2.75, 3.05) is 57.3 Å². The molecule has 2 fully saturated rings. The monoisotopic (exact) mass is 888 g/mol.